The lowest BCUT2D eigenvalue weighted by Gasteiger charge is -2.12. The Balaban J connectivity index is 2.16. The molecule has 1 aliphatic rings. The monoisotopic (exact) mass is 455 g/mol. The van der Waals surface area contributed by atoms with Crippen LogP contribution < -0.4 is 10.1 Å². The molecule has 1 heterocycles. The number of nitrogens with one attached hydrogen (secondary N) is 1. The van der Waals surface area contributed by atoms with Gasteiger partial charge >= 0.3 is 12.3 Å². The van der Waals surface area contributed by atoms with Crippen molar-refractivity contribution in [2.75, 3.05) is 0 Å². The van der Waals surface area contributed by atoms with Gasteiger partial charge in [0, 0.05) is 10.0 Å². The fourth-order valence-corrected chi connectivity index (χ4v) is 3.15. The molecule has 8 nitrogen and oxygen atoms in total. The van der Waals surface area contributed by atoms with Gasteiger partial charge in [-0.15, -0.1) is 18.3 Å². The minimum absolute atomic E-state index is 0.0266. The number of amides is 1. The molecule has 1 aromatic carbocycles. The maximum atomic E-state index is 12.3. The van der Waals surface area contributed by atoms with Crippen LogP contribution in [0.5, 0.6) is 11.5 Å². The van der Waals surface area contributed by atoms with E-state index < -0.39 is 41.4 Å². The Labute approximate surface area is 156 Å². The highest BCUT2D eigenvalue weighted by atomic mass is 79.9. The number of thioether (sulfide) groups is 1. The predicted octanol–water partition coefficient (Wildman–Crippen LogP) is 2.45. The smallest absolute Gasteiger partial charge is 0.504 e. The summed E-state index contributed by atoms with van der Waals surface area (Å²) in [6, 6.07) is 2.20. The van der Waals surface area contributed by atoms with Crippen molar-refractivity contribution >= 4 is 51.0 Å². The van der Waals surface area contributed by atoms with Gasteiger partial charge in [-0.1, -0.05) is 27.7 Å². The Kier molecular flexibility index (Phi) is 6.13. The summed E-state index contributed by atoms with van der Waals surface area (Å²) in [7, 11) is 0. The largest absolute Gasteiger partial charge is 0.573 e. The number of benzene rings is 1. The molecule has 0 spiro atoms. The molecule has 0 saturated carbocycles. The third-order valence-corrected chi connectivity index (χ3v) is 4.31. The average molecular weight is 456 g/mol. The van der Waals surface area contributed by atoms with Crippen LogP contribution >= 0.6 is 27.7 Å². The Morgan fingerprint density at radius 2 is 2.15 bits per heavy atom. The van der Waals surface area contributed by atoms with Crippen LogP contribution in [0, 0.1) is 0 Å². The van der Waals surface area contributed by atoms with Gasteiger partial charge in [-0.25, -0.2) is 0 Å². The molecule has 26 heavy (non-hydrogen) atoms. The van der Waals surface area contributed by atoms with Crippen molar-refractivity contribution in [2.45, 2.75) is 18.0 Å². The number of hydrogen-bond donors (Lipinski definition) is 3. The van der Waals surface area contributed by atoms with Gasteiger partial charge in [0.1, 0.15) is 5.25 Å². The number of nitrogens with zero attached hydrogens (tertiary/aromatic N) is 2. The van der Waals surface area contributed by atoms with Gasteiger partial charge in [0.05, 0.1) is 12.6 Å². The molecule has 3 N–H and O–H groups in total. The summed E-state index contributed by atoms with van der Waals surface area (Å²) in [6.07, 6.45) is -4.44. The molecule has 2 rings (SSSR count). The highest BCUT2D eigenvalue weighted by Gasteiger charge is 2.33. The number of phenolic OH excluding ortho intramolecular Hbond substituents is 1. The molecule has 1 fully saturated rings. The van der Waals surface area contributed by atoms with Crippen molar-refractivity contribution in [1.29, 1.82) is 0 Å². The van der Waals surface area contributed by atoms with E-state index in [2.05, 4.69) is 36.2 Å². The number of carbonyl (C=O) groups excluding carboxylic acids is 1. The highest BCUT2D eigenvalue weighted by Crippen LogP contribution is 2.36. The van der Waals surface area contributed by atoms with E-state index in [1.165, 1.54) is 6.07 Å². The number of halogens is 4. The molecular formula is C13H9BrF3N3O5S. The van der Waals surface area contributed by atoms with Gasteiger partial charge in [0.25, 0.3) is 0 Å². The summed E-state index contributed by atoms with van der Waals surface area (Å²) in [5.74, 6) is -3.33. The lowest BCUT2D eigenvalue weighted by Crippen LogP contribution is -2.26. The third kappa shape index (κ3) is 5.62. The molecular weight excluding hydrogens is 447 g/mol. The maximum absolute atomic E-state index is 12.3. The number of amidine groups is 1. The van der Waals surface area contributed by atoms with E-state index in [4.69, 9.17) is 5.11 Å². The quantitative estimate of drug-likeness (QED) is 0.463. The van der Waals surface area contributed by atoms with Crippen LogP contribution in [0.2, 0.25) is 0 Å². The number of alkyl halides is 3. The van der Waals surface area contributed by atoms with Crippen LogP contribution in [0.15, 0.2) is 26.8 Å². The second-order valence-corrected chi connectivity index (χ2v) is 6.84. The summed E-state index contributed by atoms with van der Waals surface area (Å²) < 4.78 is 40.8. The van der Waals surface area contributed by atoms with E-state index in [9.17, 15) is 27.9 Å². The maximum Gasteiger partial charge on any atom is 0.573 e. The molecule has 1 aliphatic heterocycles. The predicted molar refractivity (Wildman–Crippen MR) is 89.3 cm³/mol. The number of carbonyl (C=O) groups is 2. The van der Waals surface area contributed by atoms with Crippen LogP contribution in [0.4, 0.5) is 13.2 Å². The van der Waals surface area contributed by atoms with Crippen molar-refractivity contribution in [3.05, 3.63) is 22.2 Å². The van der Waals surface area contributed by atoms with E-state index in [1.54, 1.807) is 0 Å². The normalized spacial score (nSPS) is 19.2. The van der Waals surface area contributed by atoms with Gasteiger partial charge < -0.3 is 20.3 Å². The minimum atomic E-state index is -4.99. The molecule has 1 atom stereocenters. The SMILES string of the molecule is O=C(O)CC1SC(=NN=Cc2cc(Br)cc(OC(F)(F)F)c2O)NC1=O. The lowest BCUT2D eigenvalue weighted by molar-refractivity contribution is -0.275. The molecule has 13 heteroatoms. The molecule has 1 amide bonds. The molecule has 0 aliphatic carbocycles. The first-order valence-electron chi connectivity index (χ1n) is 6.64. The fourth-order valence-electron chi connectivity index (χ4n) is 1.78. The number of carboxylic acid groups (broad SMARTS) is 1. The van der Waals surface area contributed by atoms with Crippen molar-refractivity contribution in [3.8, 4) is 11.5 Å². The average Bonchev–Trinajstić information content (AvgIpc) is 2.81. The second kappa shape index (κ2) is 7.95. The number of aromatic hydroxyl groups is 1. The number of aliphatic carboxylic acids is 1. The molecule has 1 saturated heterocycles. The highest BCUT2D eigenvalue weighted by molar-refractivity contribution is 9.10. The van der Waals surface area contributed by atoms with Crippen molar-refractivity contribution in [1.82, 2.24) is 5.32 Å². The molecule has 140 valence electrons. The van der Waals surface area contributed by atoms with Crippen LogP contribution in [0.3, 0.4) is 0 Å². The zero-order chi connectivity index (χ0) is 19.5. The fraction of sp³-hybridized carbons (Fsp3) is 0.231. The number of rotatable bonds is 5. The summed E-state index contributed by atoms with van der Waals surface area (Å²) in [5.41, 5.74) is -0.126. The van der Waals surface area contributed by atoms with E-state index in [-0.39, 0.29) is 15.2 Å². The van der Waals surface area contributed by atoms with Gasteiger partial charge in [0.15, 0.2) is 16.7 Å². The summed E-state index contributed by atoms with van der Waals surface area (Å²) in [6.45, 7) is 0. The standard InChI is InChI=1S/C13H9BrF3N3O5S/c14-6-1-5(10(23)7(2-6)25-13(15,16)17)4-18-20-12-19-11(24)8(26-12)3-9(21)22/h1-2,4,8,23H,3H2,(H,21,22)(H,19,20,24). The Morgan fingerprint density at radius 1 is 1.46 bits per heavy atom. The Bertz CT molecular complexity index is 800. The molecule has 1 unspecified atom stereocenters. The van der Waals surface area contributed by atoms with Crippen LogP contribution in [0.25, 0.3) is 0 Å². The molecule has 0 aromatic heterocycles. The Morgan fingerprint density at radius 3 is 2.77 bits per heavy atom. The first-order valence-corrected chi connectivity index (χ1v) is 8.31. The zero-order valence-corrected chi connectivity index (χ0v) is 14.9. The first kappa shape index (κ1) is 20.0. The van der Waals surface area contributed by atoms with Gasteiger partial charge in [-0.05, 0) is 12.1 Å². The number of ether oxygens (including phenoxy) is 1. The summed E-state index contributed by atoms with van der Waals surface area (Å²) in [5, 5.41) is 27.2. The Hall–Kier alpha value is -2.28. The summed E-state index contributed by atoms with van der Waals surface area (Å²) in [4.78, 5) is 22.2. The molecule has 1 aromatic rings. The van der Waals surface area contributed by atoms with Gasteiger partial charge in [-0.2, -0.15) is 5.10 Å². The van der Waals surface area contributed by atoms with E-state index in [0.29, 0.717) is 0 Å². The minimum Gasteiger partial charge on any atom is -0.504 e. The zero-order valence-electron chi connectivity index (χ0n) is 12.5. The van der Waals surface area contributed by atoms with Crippen molar-refractivity contribution in [3.63, 3.8) is 0 Å². The van der Waals surface area contributed by atoms with Gasteiger partial charge in [-0.3, -0.25) is 9.59 Å². The topological polar surface area (TPSA) is 121 Å². The lowest BCUT2D eigenvalue weighted by atomic mass is 10.2. The molecule has 0 radical (unpaired) electrons. The van der Waals surface area contributed by atoms with Crippen LogP contribution in [-0.2, 0) is 9.59 Å². The molecule has 0 bridgehead atoms. The van der Waals surface area contributed by atoms with Crippen molar-refractivity contribution in [2.24, 2.45) is 10.2 Å². The van der Waals surface area contributed by atoms with Gasteiger partial charge in [0.2, 0.25) is 5.91 Å². The summed E-state index contributed by atoms with van der Waals surface area (Å²) >= 11 is 3.83. The van der Waals surface area contributed by atoms with Crippen LogP contribution in [0.1, 0.15) is 12.0 Å². The third-order valence-electron chi connectivity index (χ3n) is 2.78. The second-order valence-electron chi connectivity index (χ2n) is 4.73. The van der Waals surface area contributed by atoms with Crippen LogP contribution in [-0.4, -0.2) is 45.1 Å². The number of phenols is 1. The first-order chi connectivity index (χ1) is 12.0. The van der Waals surface area contributed by atoms with E-state index >= 15 is 0 Å². The van der Waals surface area contributed by atoms with Crippen molar-refractivity contribution < 1.29 is 37.7 Å². The number of carboxylic acids is 1. The van der Waals surface area contributed by atoms with E-state index in [0.717, 1.165) is 24.0 Å². The van der Waals surface area contributed by atoms with E-state index in [1.807, 2.05) is 0 Å². The number of hydrogen-bond acceptors (Lipinski definition) is 7.